The van der Waals surface area contributed by atoms with Gasteiger partial charge in [-0.15, -0.1) is 0 Å². The van der Waals surface area contributed by atoms with E-state index in [0.29, 0.717) is 18.0 Å². The number of benzene rings is 1. The average molecular weight is 336 g/mol. The third-order valence-electron chi connectivity index (χ3n) is 2.94. The fourth-order valence-corrected chi connectivity index (χ4v) is 3.07. The predicted octanol–water partition coefficient (Wildman–Crippen LogP) is 4.05. The lowest BCUT2D eigenvalue weighted by Gasteiger charge is -2.18. The molecule has 2 rings (SSSR count). The zero-order valence-electron chi connectivity index (χ0n) is 13.4. The summed E-state index contributed by atoms with van der Waals surface area (Å²) >= 11 is 1.37. The molecule has 0 aliphatic heterocycles. The summed E-state index contributed by atoms with van der Waals surface area (Å²) in [5.41, 5.74) is 1.26. The molecule has 0 bridgehead atoms. The van der Waals surface area contributed by atoms with E-state index in [1.54, 1.807) is 20.8 Å². The van der Waals surface area contributed by atoms with Gasteiger partial charge in [0.2, 0.25) is 0 Å². The summed E-state index contributed by atoms with van der Waals surface area (Å²) in [6, 6.07) is 5.71. The van der Waals surface area contributed by atoms with Gasteiger partial charge >= 0.3 is 12.1 Å². The van der Waals surface area contributed by atoms with Gasteiger partial charge in [0.1, 0.15) is 5.60 Å². The number of carboxylic acids is 1. The van der Waals surface area contributed by atoms with E-state index in [0.717, 1.165) is 15.8 Å². The van der Waals surface area contributed by atoms with Crippen LogP contribution < -0.4 is 5.32 Å². The Hall–Kier alpha value is -2.15. The normalized spacial score (nSPS) is 11.4. The molecule has 124 valence electrons. The number of amides is 1. The summed E-state index contributed by atoms with van der Waals surface area (Å²) < 4.78 is 6.17. The van der Waals surface area contributed by atoms with Gasteiger partial charge in [-0.3, -0.25) is 10.1 Å². The monoisotopic (exact) mass is 336 g/mol. The van der Waals surface area contributed by atoms with Gasteiger partial charge in [-0.1, -0.05) is 23.5 Å². The van der Waals surface area contributed by atoms with Crippen LogP contribution >= 0.6 is 11.3 Å². The van der Waals surface area contributed by atoms with Crippen LogP contribution in [0.25, 0.3) is 10.2 Å². The summed E-state index contributed by atoms with van der Waals surface area (Å²) in [6.45, 7) is 5.39. The topological polar surface area (TPSA) is 88.5 Å². The highest BCUT2D eigenvalue weighted by atomic mass is 32.1. The first-order chi connectivity index (χ1) is 10.7. The fourth-order valence-electron chi connectivity index (χ4n) is 2.08. The molecule has 0 unspecified atom stereocenters. The Morgan fingerprint density at radius 3 is 2.74 bits per heavy atom. The van der Waals surface area contributed by atoms with E-state index in [1.807, 2.05) is 18.2 Å². The van der Waals surface area contributed by atoms with E-state index in [4.69, 9.17) is 9.84 Å². The van der Waals surface area contributed by atoms with Crippen LogP contribution in [0.1, 0.15) is 39.2 Å². The van der Waals surface area contributed by atoms with Gasteiger partial charge in [-0.25, -0.2) is 9.78 Å². The molecule has 0 atom stereocenters. The van der Waals surface area contributed by atoms with E-state index < -0.39 is 17.7 Å². The number of rotatable bonds is 5. The maximum Gasteiger partial charge on any atom is 0.413 e. The number of ether oxygens (including phenoxy) is 1. The van der Waals surface area contributed by atoms with E-state index in [-0.39, 0.29) is 6.42 Å². The number of nitrogens with one attached hydrogen (secondary N) is 1. The number of nitrogens with zero attached hydrogens (tertiary/aromatic N) is 1. The molecule has 2 aromatic rings. The number of carbonyl (C=O) groups excluding carboxylic acids is 1. The molecule has 0 radical (unpaired) electrons. The van der Waals surface area contributed by atoms with Gasteiger partial charge in [0.15, 0.2) is 5.13 Å². The molecule has 1 aromatic heterocycles. The smallest absolute Gasteiger partial charge is 0.413 e. The van der Waals surface area contributed by atoms with Crippen molar-refractivity contribution in [3.05, 3.63) is 23.8 Å². The van der Waals surface area contributed by atoms with Crippen molar-refractivity contribution in [3.8, 4) is 0 Å². The van der Waals surface area contributed by atoms with Crippen molar-refractivity contribution in [1.82, 2.24) is 4.98 Å². The fraction of sp³-hybridized carbons (Fsp3) is 0.438. The third kappa shape index (κ3) is 5.21. The molecule has 0 fully saturated rings. The van der Waals surface area contributed by atoms with Gasteiger partial charge in [0.25, 0.3) is 0 Å². The zero-order chi connectivity index (χ0) is 17.0. The molecule has 7 heteroatoms. The first-order valence-electron chi connectivity index (χ1n) is 7.35. The van der Waals surface area contributed by atoms with Crippen molar-refractivity contribution < 1.29 is 19.4 Å². The molecule has 0 saturated carbocycles. The van der Waals surface area contributed by atoms with E-state index in [9.17, 15) is 9.59 Å². The maximum atomic E-state index is 11.8. The lowest BCUT2D eigenvalue weighted by molar-refractivity contribution is -0.137. The summed E-state index contributed by atoms with van der Waals surface area (Å²) in [7, 11) is 0. The van der Waals surface area contributed by atoms with Gasteiger partial charge in [-0.2, -0.15) is 0 Å². The van der Waals surface area contributed by atoms with Crippen molar-refractivity contribution in [2.75, 3.05) is 5.32 Å². The van der Waals surface area contributed by atoms with Crippen LogP contribution in [-0.2, 0) is 16.0 Å². The van der Waals surface area contributed by atoms with Gasteiger partial charge in [-0.05, 0) is 45.2 Å². The van der Waals surface area contributed by atoms with Crippen LogP contribution in [0.4, 0.5) is 9.93 Å². The number of fused-ring (bicyclic) bond motifs is 1. The maximum absolute atomic E-state index is 11.8. The Morgan fingerprint density at radius 1 is 1.35 bits per heavy atom. The Balaban J connectivity index is 2.12. The zero-order valence-corrected chi connectivity index (χ0v) is 14.2. The number of carboxylic acid groups (broad SMARTS) is 1. The van der Waals surface area contributed by atoms with Gasteiger partial charge in [0, 0.05) is 6.42 Å². The highest BCUT2D eigenvalue weighted by Gasteiger charge is 2.18. The summed E-state index contributed by atoms with van der Waals surface area (Å²) in [5, 5.41) is 11.8. The van der Waals surface area contributed by atoms with E-state index in [2.05, 4.69) is 10.3 Å². The minimum Gasteiger partial charge on any atom is -0.481 e. The number of anilines is 1. The van der Waals surface area contributed by atoms with Gasteiger partial charge in [0.05, 0.1) is 10.2 Å². The SMILES string of the molecule is CC(C)(C)OC(=O)Nc1nc2cccc(CCCC(=O)O)c2s1. The van der Waals surface area contributed by atoms with Crippen molar-refractivity contribution >= 4 is 38.7 Å². The molecular weight excluding hydrogens is 316 g/mol. The molecule has 1 aromatic carbocycles. The van der Waals surface area contributed by atoms with Crippen molar-refractivity contribution in [3.63, 3.8) is 0 Å². The largest absolute Gasteiger partial charge is 0.481 e. The molecular formula is C16H20N2O4S. The number of thiazole rings is 1. The highest BCUT2D eigenvalue weighted by Crippen LogP contribution is 2.30. The van der Waals surface area contributed by atoms with E-state index >= 15 is 0 Å². The lowest BCUT2D eigenvalue weighted by Crippen LogP contribution is -2.27. The number of hydrogen-bond acceptors (Lipinski definition) is 5. The Kier molecular flexibility index (Phi) is 5.20. The number of aromatic nitrogens is 1. The number of aliphatic carboxylic acids is 1. The predicted molar refractivity (Wildman–Crippen MR) is 90.1 cm³/mol. The summed E-state index contributed by atoms with van der Waals surface area (Å²) in [5.74, 6) is -0.797. The quantitative estimate of drug-likeness (QED) is 0.860. The van der Waals surface area contributed by atoms with E-state index in [1.165, 1.54) is 11.3 Å². The minimum absolute atomic E-state index is 0.137. The molecule has 1 heterocycles. The van der Waals surface area contributed by atoms with Crippen LogP contribution in [-0.4, -0.2) is 27.8 Å². The number of hydrogen-bond donors (Lipinski definition) is 2. The second kappa shape index (κ2) is 6.95. The Morgan fingerprint density at radius 2 is 2.09 bits per heavy atom. The first kappa shape index (κ1) is 17.2. The molecule has 0 aliphatic carbocycles. The Bertz CT molecular complexity index is 718. The average Bonchev–Trinajstić information content (AvgIpc) is 2.78. The van der Waals surface area contributed by atoms with Crippen LogP contribution in [0, 0.1) is 0 Å². The molecule has 0 spiro atoms. The van der Waals surface area contributed by atoms with Crippen LogP contribution in [0.5, 0.6) is 0 Å². The molecule has 0 saturated heterocycles. The summed E-state index contributed by atoms with van der Waals surface area (Å²) in [4.78, 5) is 26.8. The molecule has 2 N–H and O–H groups in total. The molecule has 6 nitrogen and oxygen atoms in total. The molecule has 23 heavy (non-hydrogen) atoms. The number of carbonyl (C=O) groups is 2. The minimum atomic E-state index is -0.797. The second-order valence-corrected chi connectivity index (χ2v) is 7.16. The van der Waals surface area contributed by atoms with Crippen molar-refractivity contribution in [2.24, 2.45) is 0 Å². The molecule has 0 aliphatic rings. The van der Waals surface area contributed by atoms with Crippen molar-refractivity contribution in [1.29, 1.82) is 0 Å². The van der Waals surface area contributed by atoms with Crippen molar-refractivity contribution in [2.45, 2.75) is 45.6 Å². The third-order valence-corrected chi connectivity index (χ3v) is 4.00. The molecule has 1 amide bonds. The van der Waals surface area contributed by atoms with Crippen LogP contribution in [0.3, 0.4) is 0 Å². The van der Waals surface area contributed by atoms with Crippen LogP contribution in [0.2, 0.25) is 0 Å². The number of aryl methyl sites for hydroxylation is 1. The first-order valence-corrected chi connectivity index (χ1v) is 8.16. The van der Waals surface area contributed by atoms with Gasteiger partial charge < -0.3 is 9.84 Å². The standard InChI is InChI=1S/C16H20N2O4S/c1-16(2,3)22-15(21)18-14-17-11-8-4-6-10(13(11)23-14)7-5-9-12(19)20/h4,6,8H,5,7,9H2,1-3H3,(H,19,20)(H,17,18,21). The van der Waals surface area contributed by atoms with Crippen LogP contribution in [0.15, 0.2) is 18.2 Å². The highest BCUT2D eigenvalue weighted by molar-refractivity contribution is 7.22. The lowest BCUT2D eigenvalue weighted by atomic mass is 10.1. The summed E-state index contributed by atoms with van der Waals surface area (Å²) in [6.07, 6.45) is 0.834. The Labute approximate surface area is 138 Å². The second-order valence-electron chi connectivity index (χ2n) is 6.16.